The second kappa shape index (κ2) is 8.24. The van der Waals surface area contributed by atoms with Gasteiger partial charge in [0.25, 0.3) is 0 Å². The number of unbranched alkanes of at least 4 members (excludes halogenated alkanes) is 4. The summed E-state index contributed by atoms with van der Waals surface area (Å²) in [7, 11) is 1.61. The van der Waals surface area contributed by atoms with Crippen molar-refractivity contribution in [3.63, 3.8) is 0 Å². The number of Topliss-reactive ketones (excluding diaryl/α,β-unsaturated/α-hetero) is 1. The molecule has 0 fully saturated rings. The van der Waals surface area contributed by atoms with Crippen LogP contribution in [0.5, 0.6) is 0 Å². The maximum Gasteiger partial charge on any atom is 0.158 e. The van der Waals surface area contributed by atoms with Gasteiger partial charge in [-0.2, -0.15) is 0 Å². The normalized spacial score (nSPS) is 12.8. The lowest BCUT2D eigenvalue weighted by Gasteiger charge is -2.10. The molecule has 0 aliphatic heterocycles. The first-order valence-electron chi connectivity index (χ1n) is 5.25. The van der Waals surface area contributed by atoms with E-state index < -0.39 is 0 Å². The summed E-state index contributed by atoms with van der Waals surface area (Å²) in [5.41, 5.74) is 0. The Hall–Kier alpha value is -0.370. The summed E-state index contributed by atoms with van der Waals surface area (Å²) in [5.74, 6) is 0.151. The number of rotatable bonds is 8. The third-order valence-electron chi connectivity index (χ3n) is 2.31. The summed E-state index contributed by atoms with van der Waals surface area (Å²) in [6, 6.07) is 0. The molecule has 0 aliphatic rings. The number of hydrogen-bond donors (Lipinski definition) is 0. The van der Waals surface area contributed by atoms with Crippen molar-refractivity contribution < 1.29 is 9.53 Å². The highest BCUT2D eigenvalue weighted by Crippen LogP contribution is 2.09. The first-order valence-corrected chi connectivity index (χ1v) is 5.25. The predicted molar refractivity (Wildman–Crippen MR) is 54.9 cm³/mol. The van der Waals surface area contributed by atoms with Crippen molar-refractivity contribution in [2.24, 2.45) is 0 Å². The molecule has 0 saturated carbocycles. The zero-order chi connectivity index (χ0) is 10.1. The van der Waals surface area contributed by atoms with E-state index in [2.05, 4.69) is 6.92 Å². The van der Waals surface area contributed by atoms with Crippen LogP contribution in [0.2, 0.25) is 0 Å². The van der Waals surface area contributed by atoms with Crippen LogP contribution in [-0.2, 0) is 9.53 Å². The minimum absolute atomic E-state index is 0.151. The Morgan fingerprint density at radius 3 is 2.31 bits per heavy atom. The van der Waals surface area contributed by atoms with Gasteiger partial charge < -0.3 is 4.74 Å². The van der Waals surface area contributed by atoms with Crippen LogP contribution in [-0.4, -0.2) is 19.0 Å². The van der Waals surface area contributed by atoms with E-state index in [9.17, 15) is 4.79 Å². The molecule has 0 aromatic heterocycles. The molecule has 13 heavy (non-hydrogen) atoms. The molecular formula is C11H22O2. The van der Waals surface area contributed by atoms with Crippen LogP contribution in [0, 0.1) is 0 Å². The zero-order valence-electron chi connectivity index (χ0n) is 9.14. The Balaban J connectivity index is 3.33. The van der Waals surface area contributed by atoms with Gasteiger partial charge in [-0.15, -0.1) is 0 Å². The second-order valence-electron chi connectivity index (χ2n) is 3.54. The molecule has 2 nitrogen and oxygen atoms in total. The first kappa shape index (κ1) is 12.6. The third-order valence-corrected chi connectivity index (χ3v) is 2.31. The van der Waals surface area contributed by atoms with E-state index in [1.807, 2.05) is 0 Å². The van der Waals surface area contributed by atoms with Gasteiger partial charge in [0.1, 0.15) is 6.10 Å². The van der Waals surface area contributed by atoms with E-state index in [0.29, 0.717) is 0 Å². The molecule has 0 heterocycles. The molecule has 0 radical (unpaired) electrons. The molecule has 2 heteroatoms. The molecule has 1 atom stereocenters. The van der Waals surface area contributed by atoms with Crippen LogP contribution in [0.15, 0.2) is 0 Å². The fraction of sp³-hybridized carbons (Fsp3) is 0.909. The fourth-order valence-electron chi connectivity index (χ4n) is 1.42. The summed E-state index contributed by atoms with van der Waals surface area (Å²) in [6.07, 6.45) is 6.90. The largest absolute Gasteiger partial charge is 0.374 e. The van der Waals surface area contributed by atoms with Crippen LogP contribution in [0.25, 0.3) is 0 Å². The first-order chi connectivity index (χ1) is 6.22. The molecule has 0 saturated heterocycles. The Morgan fingerprint density at radius 1 is 1.23 bits per heavy atom. The quantitative estimate of drug-likeness (QED) is 0.545. The van der Waals surface area contributed by atoms with Crippen molar-refractivity contribution in [2.75, 3.05) is 7.11 Å². The minimum Gasteiger partial charge on any atom is -0.374 e. The summed E-state index contributed by atoms with van der Waals surface area (Å²) in [5, 5.41) is 0. The molecule has 0 spiro atoms. The molecule has 0 aromatic carbocycles. The van der Waals surface area contributed by atoms with Crippen LogP contribution < -0.4 is 0 Å². The molecule has 0 rings (SSSR count). The van der Waals surface area contributed by atoms with Gasteiger partial charge in [-0.05, 0) is 13.3 Å². The van der Waals surface area contributed by atoms with E-state index in [1.54, 1.807) is 14.0 Å². The highest BCUT2D eigenvalue weighted by atomic mass is 16.5. The molecule has 0 aromatic rings. The molecule has 0 aliphatic carbocycles. The predicted octanol–water partition coefficient (Wildman–Crippen LogP) is 2.95. The number of carbonyl (C=O) groups excluding carboxylic acids is 1. The van der Waals surface area contributed by atoms with Crippen molar-refractivity contribution in [1.82, 2.24) is 0 Å². The van der Waals surface area contributed by atoms with Crippen molar-refractivity contribution in [1.29, 1.82) is 0 Å². The Morgan fingerprint density at radius 2 is 1.85 bits per heavy atom. The van der Waals surface area contributed by atoms with Gasteiger partial charge in [0.05, 0.1) is 0 Å². The maximum absolute atomic E-state index is 11.0. The van der Waals surface area contributed by atoms with Crippen molar-refractivity contribution in [3.05, 3.63) is 0 Å². The molecule has 0 amide bonds. The van der Waals surface area contributed by atoms with Crippen molar-refractivity contribution in [3.8, 4) is 0 Å². The third kappa shape index (κ3) is 6.76. The smallest absolute Gasteiger partial charge is 0.158 e. The van der Waals surface area contributed by atoms with Crippen LogP contribution in [0.3, 0.4) is 0 Å². The number of ether oxygens (including phenoxy) is 1. The van der Waals surface area contributed by atoms with Gasteiger partial charge in [-0.1, -0.05) is 39.0 Å². The van der Waals surface area contributed by atoms with Crippen molar-refractivity contribution in [2.45, 2.75) is 58.5 Å². The van der Waals surface area contributed by atoms with Gasteiger partial charge in [-0.25, -0.2) is 0 Å². The van der Waals surface area contributed by atoms with Gasteiger partial charge in [0.15, 0.2) is 5.78 Å². The highest BCUT2D eigenvalue weighted by Gasteiger charge is 2.11. The number of ketones is 1. The number of hydrogen-bond acceptors (Lipinski definition) is 2. The van der Waals surface area contributed by atoms with E-state index in [1.165, 1.54) is 25.7 Å². The molecule has 0 N–H and O–H groups in total. The second-order valence-corrected chi connectivity index (χ2v) is 3.54. The maximum atomic E-state index is 11.0. The molecule has 78 valence electrons. The molecule has 1 unspecified atom stereocenters. The minimum atomic E-state index is -0.165. The summed E-state index contributed by atoms with van der Waals surface area (Å²) >= 11 is 0. The Labute approximate surface area is 81.7 Å². The molecule has 0 bridgehead atoms. The Bertz CT molecular complexity index is 132. The topological polar surface area (TPSA) is 26.3 Å². The Kier molecular flexibility index (Phi) is 8.00. The number of carbonyl (C=O) groups is 1. The zero-order valence-corrected chi connectivity index (χ0v) is 9.14. The lowest BCUT2D eigenvalue weighted by atomic mass is 10.1. The van der Waals surface area contributed by atoms with E-state index in [4.69, 9.17) is 4.74 Å². The monoisotopic (exact) mass is 186 g/mol. The lowest BCUT2D eigenvalue weighted by Crippen LogP contribution is -2.19. The summed E-state index contributed by atoms with van der Waals surface area (Å²) < 4.78 is 5.07. The van der Waals surface area contributed by atoms with Crippen molar-refractivity contribution >= 4 is 5.78 Å². The van der Waals surface area contributed by atoms with Gasteiger partial charge in [0, 0.05) is 7.11 Å². The number of methoxy groups -OCH3 is 1. The van der Waals surface area contributed by atoms with E-state index in [-0.39, 0.29) is 11.9 Å². The average Bonchev–Trinajstić information content (AvgIpc) is 2.10. The van der Waals surface area contributed by atoms with Crippen LogP contribution in [0.1, 0.15) is 52.4 Å². The lowest BCUT2D eigenvalue weighted by molar-refractivity contribution is -0.127. The summed E-state index contributed by atoms with van der Waals surface area (Å²) in [4.78, 5) is 11.0. The van der Waals surface area contributed by atoms with Gasteiger partial charge in [-0.3, -0.25) is 4.79 Å². The standard InChI is InChI=1S/C11H22O2/c1-4-5-6-7-8-9-11(13-3)10(2)12/h11H,4-9H2,1-3H3. The van der Waals surface area contributed by atoms with Crippen LogP contribution in [0.4, 0.5) is 0 Å². The van der Waals surface area contributed by atoms with Gasteiger partial charge in [0.2, 0.25) is 0 Å². The molecular weight excluding hydrogens is 164 g/mol. The summed E-state index contributed by atoms with van der Waals surface area (Å²) in [6.45, 7) is 3.80. The fourth-order valence-corrected chi connectivity index (χ4v) is 1.42. The highest BCUT2D eigenvalue weighted by molar-refractivity contribution is 5.80. The van der Waals surface area contributed by atoms with E-state index >= 15 is 0 Å². The van der Waals surface area contributed by atoms with Gasteiger partial charge >= 0.3 is 0 Å². The average molecular weight is 186 g/mol. The van der Waals surface area contributed by atoms with Crippen LogP contribution >= 0.6 is 0 Å². The SMILES string of the molecule is CCCCCCCC(OC)C(C)=O. The van der Waals surface area contributed by atoms with E-state index in [0.717, 1.165) is 12.8 Å².